The zero-order valence-corrected chi connectivity index (χ0v) is 13.8. The Balaban J connectivity index is 1.91. The van der Waals surface area contributed by atoms with E-state index in [9.17, 15) is 4.79 Å². The van der Waals surface area contributed by atoms with E-state index in [0.29, 0.717) is 12.2 Å². The van der Waals surface area contributed by atoms with Crippen LogP contribution >= 0.6 is 0 Å². The molecule has 0 unspecified atom stereocenters. The summed E-state index contributed by atoms with van der Waals surface area (Å²) < 4.78 is 1.61. The van der Waals surface area contributed by atoms with Gasteiger partial charge >= 0.3 is 0 Å². The molecule has 2 rings (SSSR count). The second kappa shape index (κ2) is 7.11. The molecule has 118 valence electrons. The SMILES string of the molecule is CCN(CCNC(=O)c1cc(C)nn1C)c1cccc(C)c1. The lowest BCUT2D eigenvalue weighted by atomic mass is 10.2. The molecule has 0 aliphatic heterocycles. The van der Waals surface area contributed by atoms with E-state index in [2.05, 4.69) is 53.4 Å². The normalized spacial score (nSPS) is 10.5. The zero-order chi connectivity index (χ0) is 16.1. The molecule has 0 saturated heterocycles. The van der Waals surface area contributed by atoms with Gasteiger partial charge in [0.2, 0.25) is 0 Å². The fourth-order valence-electron chi connectivity index (χ4n) is 2.51. The molecule has 0 fully saturated rings. The Morgan fingerprint density at radius 3 is 2.68 bits per heavy atom. The van der Waals surface area contributed by atoms with E-state index in [1.54, 1.807) is 17.8 Å². The lowest BCUT2D eigenvalue weighted by Gasteiger charge is -2.23. The number of aromatic nitrogens is 2. The topological polar surface area (TPSA) is 50.2 Å². The Kier molecular flexibility index (Phi) is 5.20. The van der Waals surface area contributed by atoms with E-state index >= 15 is 0 Å². The van der Waals surface area contributed by atoms with Crippen molar-refractivity contribution in [3.8, 4) is 0 Å². The predicted molar refractivity (Wildman–Crippen MR) is 89.3 cm³/mol. The van der Waals surface area contributed by atoms with Gasteiger partial charge in [0.25, 0.3) is 5.91 Å². The number of amides is 1. The molecule has 5 nitrogen and oxygen atoms in total. The maximum absolute atomic E-state index is 12.1. The molecule has 0 spiro atoms. The minimum absolute atomic E-state index is 0.0802. The van der Waals surface area contributed by atoms with E-state index < -0.39 is 0 Å². The number of carbonyl (C=O) groups excluding carboxylic acids is 1. The Morgan fingerprint density at radius 1 is 1.32 bits per heavy atom. The number of rotatable bonds is 6. The molecule has 2 aromatic rings. The van der Waals surface area contributed by atoms with Gasteiger partial charge in [-0.3, -0.25) is 9.48 Å². The van der Waals surface area contributed by atoms with Gasteiger partial charge in [-0.1, -0.05) is 12.1 Å². The molecule has 1 heterocycles. The molecule has 1 aromatic carbocycles. The van der Waals surface area contributed by atoms with Crippen LogP contribution in [0.5, 0.6) is 0 Å². The summed E-state index contributed by atoms with van der Waals surface area (Å²) >= 11 is 0. The van der Waals surface area contributed by atoms with Crippen LogP contribution in [0, 0.1) is 13.8 Å². The zero-order valence-electron chi connectivity index (χ0n) is 13.8. The van der Waals surface area contributed by atoms with Crippen LogP contribution in [-0.4, -0.2) is 35.3 Å². The first-order valence-corrected chi connectivity index (χ1v) is 7.61. The summed E-state index contributed by atoms with van der Waals surface area (Å²) in [5, 5.41) is 7.16. The van der Waals surface area contributed by atoms with Crippen molar-refractivity contribution in [3.05, 3.63) is 47.3 Å². The molecule has 0 bridgehead atoms. The number of likely N-dealkylation sites (N-methyl/N-ethyl adjacent to an activating group) is 1. The summed E-state index contributed by atoms with van der Waals surface area (Å²) in [5.41, 5.74) is 3.87. The third kappa shape index (κ3) is 3.87. The van der Waals surface area contributed by atoms with Gasteiger partial charge in [-0.15, -0.1) is 0 Å². The van der Waals surface area contributed by atoms with E-state index in [-0.39, 0.29) is 5.91 Å². The highest BCUT2D eigenvalue weighted by atomic mass is 16.2. The molecule has 0 aliphatic carbocycles. The first kappa shape index (κ1) is 16.1. The molecular formula is C17H24N4O. The number of aryl methyl sites for hydroxylation is 3. The van der Waals surface area contributed by atoms with Crippen molar-refractivity contribution in [2.24, 2.45) is 7.05 Å². The maximum Gasteiger partial charge on any atom is 0.269 e. The summed E-state index contributed by atoms with van der Waals surface area (Å²) in [7, 11) is 1.78. The third-order valence-corrected chi connectivity index (χ3v) is 3.65. The summed E-state index contributed by atoms with van der Waals surface area (Å²) in [6.45, 7) is 8.38. The highest BCUT2D eigenvalue weighted by Crippen LogP contribution is 2.15. The summed E-state index contributed by atoms with van der Waals surface area (Å²) in [5.74, 6) is -0.0802. The molecule has 1 amide bonds. The van der Waals surface area contributed by atoms with Crippen molar-refractivity contribution >= 4 is 11.6 Å². The van der Waals surface area contributed by atoms with Gasteiger partial charge in [-0.25, -0.2) is 0 Å². The number of benzene rings is 1. The van der Waals surface area contributed by atoms with E-state index in [4.69, 9.17) is 0 Å². The lowest BCUT2D eigenvalue weighted by Crippen LogP contribution is -2.35. The smallest absolute Gasteiger partial charge is 0.269 e. The number of nitrogens with zero attached hydrogens (tertiary/aromatic N) is 3. The second-order valence-corrected chi connectivity index (χ2v) is 5.47. The molecule has 0 atom stereocenters. The minimum Gasteiger partial charge on any atom is -0.370 e. The van der Waals surface area contributed by atoms with E-state index in [0.717, 1.165) is 18.8 Å². The number of hydrogen-bond acceptors (Lipinski definition) is 3. The van der Waals surface area contributed by atoms with Crippen molar-refractivity contribution in [2.75, 3.05) is 24.5 Å². The molecule has 1 N–H and O–H groups in total. The Bertz CT molecular complexity index is 648. The summed E-state index contributed by atoms with van der Waals surface area (Å²) in [6.07, 6.45) is 0. The quantitative estimate of drug-likeness (QED) is 0.890. The fourth-order valence-corrected chi connectivity index (χ4v) is 2.51. The van der Waals surface area contributed by atoms with Crippen molar-refractivity contribution in [2.45, 2.75) is 20.8 Å². The monoisotopic (exact) mass is 300 g/mol. The summed E-state index contributed by atoms with van der Waals surface area (Å²) in [6, 6.07) is 10.2. The number of hydrogen-bond donors (Lipinski definition) is 1. The molecule has 1 aromatic heterocycles. The number of nitrogens with one attached hydrogen (secondary N) is 1. The van der Waals surface area contributed by atoms with Crippen molar-refractivity contribution in [3.63, 3.8) is 0 Å². The molecule has 0 radical (unpaired) electrons. The first-order chi connectivity index (χ1) is 10.5. The molecular weight excluding hydrogens is 276 g/mol. The van der Waals surface area contributed by atoms with Crippen molar-refractivity contribution in [1.29, 1.82) is 0 Å². The van der Waals surface area contributed by atoms with Gasteiger partial charge in [0, 0.05) is 32.4 Å². The van der Waals surface area contributed by atoms with Crippen LogP contribution in [0.3, 0.4) is 0 Å². The van der Waals surface area contributed by atoms with Crippen LogP contribution in [0.1, 0.15) is 28.7 Å². The van der Waals surface area contributed by atoms with E-state index in [1.807, 2.05) is 6.92 Å². The van der Waals surface area contributed by atoms with Crippen LogP contribution in [0.4, 0.5) is 5.69 Å². The highest BCUT2D eigenvalue weighted by Gasteiger charge is 2.12. The maximum atomic E-state index is 12.1. The van der Waals surface area contributed by atoms with Crippen molar-refractivity contribution < 1.29 is 4.79 Å². The number of anilines is 1. The van der Waals surface area contributed by atoms with Crippen LogP contribution in [0.15, 0.2) is 30.3 Å². The lowest BCUT2D eigenvalue weighted by molar-refractivity contribution is 0.0945. The Labute approximate surface area is 131 Å². The standard InChI is InChI=1S/C17H24N4O/c1-5-21(15-8-6-7-13(2)11-15)10-9-18-17(22)16-12-14(3)19-20(16)4/h6-8,11-12H,5,9-10H2,1-4H3,(H,18,22). The van der Waals surface area contributed by atoms with Gasteiger partial charge < -0.3 is 10.2 Å². The largest absolute Gasteiger partial charge is 0.370 e. The molecule has 5 heteroatoms. The fraction of sp³-hybridized carbons (Fsp3) is 0.412. The van der Waals surface area contributed by atoms with Gasteiger partial charge in [0.15, 0.2) is 0 Å². The summed E-state index contributed by atoms with van der Waals surface area (Å²) in [4.78, 5) is 14.4. The van der Waals surface area contributed by atoms with Gasteiger partial charge in [0.05, 0.1) is 5.69 Å². The Hall–Kier alpha value is -2.30. The van der Waals surface area contributed by atoms with Crippen molar-refractivity contribution in [1.82, 2.24) is 15.1 Å². The average Bonchev–Trinajstić information content (AvgIpc) is 2.82. The number of carbonyl (C=O) groups is 1. The van der Waals surface area contributed by atoms with E-state index in [1.165, 1.54) is 11.3 Å². The van der Waals surface area contributed by atoms with Crippen LogP contribution in [0.2, 0.25) is 0 Å². The minimum atomic E-state index is -0.0802. The third-order valence-electron chi connectivity index (χ3n) is 3.65. The van der Waals surface area contributed by atoms with Crippen LogP contribution in [-0.2, 0) is 7.05 Å². The highest BCUT2D eigenvalue weighted by molar-refractivity contribution is 5.92. The van der Waals surface area contributed by atoms with Crippen LogP contribution in [0.25, 0.3) is 0 Å². The van der Waals surface area contributed by atoms with Crippen LogP contribution < -0.4 is 10.2 Å². The average molecular weight is 300 g/mol. The van der Waals surface area contributed by atoms with Gasteiger partial charge in [-0.2, -0.15) is 5.10 Å². The first-order valence-electron chi connectivity index (χ1n) is 7.61. The molecule has 22 heavy (non-hydrogen) atoms. The Morgan fingerprint density at radius 2 is 2.09 bits per heavy atom. The second-order valence-electron chi connectivity index (χ2n) is 5.47. The molecule has 0 aliphatic rings. The molecule has 0 saturated carbocycles. The predicted octanol–water partition coefficient (Wildman–Crippen LogP) is 2.29. The van der Waals surface area contributed by atoms with Gasteiger partial charge in [0.1, 0.15) is 5.69 Å². The van der Waals surface area contributed by atoms with Gasteiger partial charge in [-0.05, 0) is 44.5 Å².